The van der Waals surface area contributed by atoms with E-state index in [1.807, 2.05) is 19.9 Å². The first kappa shape index (κ1) is 13.7. The highest BCUT2D eigenvalue weighted by atomic mass is 16.5. The summed E-state index contributed by atoms with van der Waals surface area (Å²) in [6.07, 6.45) is 4.01. The van der Waals surface area contributed by atoms with E-state index < -0.39 is 7.12 Å². The Morgan fingerprint density at radius 2 is 2.19 bits per heavy atom. The molecule has 1 rings (SSSR count). The minimum atomic E-state index is -0.838. The molecule has 0 fully saturated rings. The summed E-state index contributed by atoms with van der Waals surface area (Å²) in [7, 11) is -0.838. The molecule has 0 spiro atoms. The Balaban J connectivity index is 2.56. The lowest BCUT2D eigenvalue weighted by molar-refractivity contribution is 0.0390. The summed E-state index contributed by atoms with van der Waals surface area (Å²) in [5.41, 5.74) is 0.526. The summed E-state index contributed by atoms with van der Waals surface area (Å²) in [6.45, 7) is 9.42. The molecule has 0 aromatic heterocycles. The van der Waals surface area contributed by atoms with Crippen molar-refractivity contribution < 1.29 is 14.4 Å². The van der Waals surface area contributed by atoms with Gasteiger partial charge < -0.3 is 14.4 Å². The van der Waals surface area contributed by atoms with Crippen molar-refractivity contribution in [3.8, 4) is 0 Å². The van der Waals surface area contributed by atoms with Gasteiger partial charge in [-0.15, -0.1) is 0 Å². The monoisotopic (exact) mass is 226 g/mol. The van der Waals surface area contributed by atoms with Gasteiger partial charge in [-0.2, -0.15) is 0 Å². The Morgan fingerprint density at radius 1 is 1.50 bits per heavy atom. The van der Waals surface area contributed by atoms with E-state index in [4.69, 9.17) is 9.39 Å². The van der Waals surface area contributed by atoms with E-state index in [1.54, 1.807) is 0 Å². The van der Waals surface area contributed by atoms with E-state index in [0.29, 0.717) is 12.5 Å². The van der Waals surface area contributed by atoms with E-state index >= 15 is 0 Å². The van der Waals surface area contributed by atoms with Crippen LogP contribution < -0.4 is 0 Å². The van der Waals surface area contributed by atoms with Crippen molar-refractivity contribution in [1.29, 1.82) is 0 Å². The molecule has 0 aliphatic carbocycles. The molecule has 0 unspecified atom stereocenters. The molecular formula is C12H23BO3. The fourth-order valence-corrected chi connectivity index (χ4v) is 1.39. The third-order valence-electron chi connectivity index (χ3n) is 3.29. The second kappa shape index (κ2) is 5.85. The molecule has 1 aliphatic heterocycles. The molecule has 16 heavy (non-hydrogen) atoms. The van der Waals surface area contributed by atoms with Crippen LogP contribution in [0.4, 0.5) is 0 Å². The Hall–Kier alpha value is -0.315. The van der Waals surface area contributed by atoms with Gasteiger partial charge in [0.15, 0.2) is 0 Å². The maximum absolute atomic E-state index is 10.0. The summed E-state index contributed by atoms with van der Waals surface area (Å²) in [5.74, 6) is 0.356. The van der Waals surface area contributed by atoms with Crippen LogP contribution in [-0.4, -0.2) is 31.0 Å². The first-order chi connectivity index (χ1) is 7.43. The quantitative estimate of drug-likeness (QED) is 0.747. The van der Waals surface area contributed by atoms with E-state index in [-0.39, 0.29) is 5.60 Å². The fourth-order valence-electron chi connectivity index (χ4n) is 1.39. The molecule has 0 atom stereocenters. The average Bonchev–Trinajstić information content (AvgIpc) is 2.44. The van der Waals surface area contributed by atoms with Crippen LogP contribution in [-0.2, 0) is 9.39 Å². The van der Waals surface area contributed by atoms with Crippen LogP contribution in [0.2, 0.25) is 0 Å². The largest absolute Gasteiger partial charge is 0.489 e. The van der Waals surface area contributed by atoms with Gasteiger partial charge in [-0.1, -0.05) is 19.9 Å². The SMILES string of the molecule is CC(C)C(C)(C)OB(O)C1=CCCCOC1. The molecule has 0 saturated carbocycles. The van der Waals surface area contributed by atoms with Gasteiger partial charge in [-0.25, -0.2) is 0 Å². The van der Waals surface area contributed by atoms with Crippen molar-refractivity contribution in [2.45, 2.75) is 46.1 Å². The molecule has 0 aromatic rings. The molecule has 0 bridgehead atoms. The molecule has 0 amide bonds. The molecule has 4 heteroatoms. The summed E-state index contributed by atoms with van der Waals surface area (Å²) in [5, 5.41) is 10.0. The van der Waals surface area contributed by atoms with Crippen molar-refractivity contribution in [3.05, 3.63) is 11.5 Å². The summed E-state index contributed by atoms with van der Waals surface area (Å²) >= 11 is 0. The molecule has 1 heterocycles. The molecule has 0 aromatic carbocycles. The molecule has 0 radical (unpaired) electrons. The van der Waals surface area contributed by atoms with E-state index in [1.165, 1.54) is 0 Å². The van der Waals surface area contributed by atoms with Gasteiger partial charge in [0, 0.05) is 6.61 Å². The number of hydrogen-bond donors (Lipinski definition) is 1. The van der Waals surface area contributed by atoms with Crippen LogP contribution in [0.15, 0.2) is 11.5 Å². The van der Waals surface area contributed by atoms with Crippen molar-refractivity contribution in [2.24, 2.45) is 5.92 Å². The van der Waals surface area contributed by atoms with E-state index in [2.05, 4.69) is 13.8 Å². The number of hydrogen-bond acceptors (Lipinski definition) is 3. The van der Waals surface area contributed by atoms with Crippen molar-refractivity contribution in [1.82, 2.24) is 0 Å². The maximum Gasteiger partial charge on any atom is 0.489 e. The van der Waals surface area contributed by atoms with Crippen LogP contribution in [0, 0.1) is 5.92 Å². The van der Waals surface area contributed by atoms with Crippen LogP contribution >= 0.6 is 0 Å². The van der Waals surface area contributed by atoms with Gasteiger partial charge >= 0.3 is 7.12 Å². The zero-order chi connectivity index (χ0) is 12.2. The average molecular weight is 226 g/mol. The number of allylic oxidation sites excluding steroid dienone is 1. The molecule has 1 aliphatic rings. The van der Waals surface area contributed by atoms with Gasteiger partial charge in [0.05, 0.1) is 12.2 Å². The maximum atomic E-state index is 10.0. The van der Waals surface area contributed by atoms with Gasteiger partial charge in [0.2, 0.25) is 0 Å². The van der Waals surface area contributed by atoms with Crippen molar-refractivity contribution in [2.75, 3.05) is 13.2 Å². The van der Waals surface area contributed by atoms with Crippen LogP contribution in [0.25, 0.3) is 0 Å². The molecule has 3 nitrogen and oxygen atoms in total. The Bertz CT molecular complexity index is 249. The van der Waals surface area contributed by atoms with Crippen molar-refractivity contribution >= 4 is 7.12 Å². The highest BCUT2D eigenvalue weighted by molar-refractivity contribution is 6.52. The predicted octanol–water partition coefficient (Wildman–Crippen LogP) is 2.19. The lowest BCUT2D eigenvalue weighted by Crippen LogP contribution is -2.39. The first-order valence-corrected chi connectivity index (χ1v) is 6.06. The zero-order valence-electron chi connectivity index (χ0n) is 10.8. The van der Waals surface area contributed by atoms with E-state index in [0.717, 1.165) is 24.9 Å². The van der Waals surface area contributed by atoms with Crippen LogP contribution in [0.3, 0.4) is 0 Å². The molecule has 92 valence electrons. The second-order valence-electron chi connectivity index (χ2n) is 5.20. The van der Waals surface area contributed by atoms with E-state index in [9.17, 15) is 5.02 Å². The van der Waals surface area contributed by atoms with Crippen LogP contribution in [0.5, 0.6) is 0 Å². The Morgan fingerprint density at radius 3 is 2.81 bits per heavy atom. The minimum Gasteiger partial charge on any atom is -0.423 e. The van der Waals surface area contributed by atoms with Crippen LogP contribution in [0.1, 0.15) is 40.5 Å². The summed E-state index contributed by atoms with van der Waals surface area (Å²) < 4.78 is 11.1. The van der Waals surface area contributed by atoms with Gasteiger partial charge in [-0.3, -0.25) is 0 Å². The topological polar surface area (TPSA) is 38.7 Å². The lowest BCUT2D eigenvalue weighted by Gasteiger charge is -2.31. The summed E-state index contributed by atoms with van der Waals surface area (Å²) in [6, 6.07) is 0. The minimum absolute atomic E-state index is 0.327. The highest BCUT2D eigenvalue weighted by Crippen LogP contribution is 2.23. The third-order valence-corrected chi connectivity index (χ3v) is 3.29. The van der Waals surface area contributed by atoms with Crippen molar-refractivity contribution in [3.63, 3.8) is 0 Å². The highest BCUT2D eigenvalue weighted by Gasteiger charge is 2.31. The summed E-state index contributed by atoms with van der Waals surface area (Å²) in [4.78, 5) is 0. The Kier molecular flexibility index (Phi) is 5.03. The third kappa shape index (κ3) is 3.93. The first-order valence-electron chi connectivity index (χ1n) is 6.06. The van der Waals surface area contributed by atoms with Gasteiger partial charge in [0.1, 0.15) is 0 Å². The smallest absolute Gasteiger partial charge is 0.423 e. The number of ether oxygens (including phenoxy) is 1. The standard InChI is InChI=1S/C12H23BO3/c1-10(2)12(3,4)16-13(14)11-7-5-6-8-15-9-11/h7,10,14H,5-6,8-9H2,1-4H3. The predicted molar refractivity (Wildman–Crippen MR) is 66.1 cm³/mol. The fraction of sp³-hybridized carbons (Fsp3) is 0.833. The molecular weight excluding hydrogens is 203 g/mol. The lowest BCUT2D eigenvalue weighted by atomic mass is 9.76. The van der Waals surface area contributed by atoms with Gasteiger partial charge in [0.25, 0.3) is 0 Å². The normalized spacial score (nSPS) is 18.2. The molecule has 0 saturated heterocycles. The van der Waals surface area contributed by atoms with Gasteiger partial charge in [-0.05, 0) is 38.1 Å². The molecule has 1 N–H and O–H groups in total. The second-order valence-corrected chi connectivity index (χ2v) is 5.20. The Labute approximate surface area is 99.0 Å². The number of rotatable bonds is 4. The zero-order valence-corrected chi connectivity index (χ0v) is 10.8.